The van der Waals surface area contributed by atoms with E-state index >= 15 is 0 Å². The maximum atomic E-state index is 12.1. The Morgan fingerprint density at radius 1 is 1.36 bits per heavy atom. The van der Waals surface area contributed by atoms with Gasteiger partial charge < -0.3 is 24.3 Å². The number of nitrogens with one attached hydrogen (secondary N) is 1. The first-order valence-electron chi connectivity index (χ1n) is 9.07. The number of methoxy groups -OCH3 is 1. The van der Waals surface area contributed by atoms with E-state index in [0.29, 0.717) is 5.57 Å². The summed E-state index contributed by atoms with van der Waals surface area (Å²) in [6.07, 6.45) is 6.36. The van der Waals surface area contributed by atoms with E-state index in [-0.39, 0.29) is 23.5 Å². The highest BCUT2D eigenvalue weighted by molar-refractivity contribution is 5.89. The van der Waals surface area contributed by atoms with Crippen LogP contribution in [-0.4, -0.2) is 44.2 Å². The second-order valence-electron chi connectivity index (χ2n) is 6.96. The third kappa shape index (κ3) is 3.21. The monoisotopic (exact) mass is 353 g/mol. The first-order valence-corrected chi connectivity index (χ1v) is 9.07. The van der Waals surface area contributed by atoms with Gasteiger partial charge in [0.15, 0.2) is 0 Å². The molecular weight excluding hydrogens is 326 g/mol. The molecule has 2 aliphatic heterocycles. The zero-order chi connectivity index (χ0) is 18.0. The molecule has 0 radical (unpaired) electrons. The Kier molecular flexibility index (Phi) is 5.22. The fourth-order valence-corrected chi connectivity index (χ4v) is 4.34. The molecule has 2 heterocycles. The van der Waals surface area contributed by atoms with Gasteiger partial charge in [-0.15, -0.1) is 0 Å². The van der Waals surface area contributed by atoms with Gasteiger partial charge in [0.25, 0.3) is 6.29 Å². The molecule has 0 spiro atoms. The molecule has 0 aromatic rings. The zero-order valence-corrected chi connectivity index (χ0v) is 15.1. The van der Waals surface area contributed by atoms with Gasteiger partial charge in [0.05, 0.1) is 31.0 Å². The molecule has 1 saturated heterocycles. The minimum atomic E-state index is -0.753. The van der Waals surface area contributed by atoms with Crippen molar-refractivity contribution in [2.24, 2.45) is 11.8 Å². The molecule has 0 aromatic carbocycles. The SMILES string of the molecule is CCCCCC[C@]12O[C@H]1C[C@@H]1C(C(=O)OC)=CO[C@@H](OC(=O)NC)[C@H]12. The molecule has 0 bridgehead atoms. The predicted octanol–water partition coefficient (Wildman–Crippen LogP) is 2.50. The summed E-state index contributed by atoms with van der Waals surface area (Å²) in [7, 11) is 2.86. The van der Waals surface area contributed by atoms with Crippen LogP contribution in [0, 0.1) is 11.8 Å². The topological polar surface area (TPSA) is 86.4 Å². The minimum Gasteiger partial charge on any atom is -0.466 e. The number of carbonyl (C=O) groups is 2. The van der Waals surface area contributed by atoms with Crippen LogP contribution in [-0.2, 0) is 23.7 Å². The quantitative estimate of drug-likeness (QED) is 0.430. The number of epoxide rings is 1. The van der Waals surface area contributed by atoms with E-state index in [0.717, 1.165) is 25.7 Å². The second kappa shape index (κ2) is 7.23. The summed E-state index contributed by atoms with van der Waals surface area (Å²) in [5.74, 6) is -0.646. The average Bonchev–Trinajstić information content (AvgIpc) is 3.22. The fourth-order valence-electron chi connectivity index (χ4n) is 4.34. The zero-order valence-electron chi connectivity index (χ0n) is 15.1. The largest absolute Gasteiger partial charge is 0.466 e. The van der Waals surface area contributed by atoms with Gasteiger partial charge in [0.1, 0.15) is 5.60 Å². The summed E-state index contributed by atoms with van der Waals surface area (Å²) in [5, 5.41) is 2.44. The highest BCUT2D eigenvalue weighted by atomic mass is 16.7. The molecule has 1 saturated carbocycles. The molecule has 1 N–H and O–H groups in total. The van der Waals surface area contributed by atoms with Crippen LogP contribution in [0.2, 0.25) is 0 Å². The van der Waals surface area contributed by atoms with Gasteiger partial charge in [-0.05, 0) is 12.8 Å². The average molecular weight is 353 g/mol. The van der Waals surface area contributed by atoms with Gasteiger partial charge in [-0.3, -0.25) is 0 Å². The van der Waals surface area contributed by atoms with Crippen LogP contribution in [0.4, 0.5) is 4.79 Å². The smallest absolute Gasteiger partial charge is 0.409 e. The summed E-state index contributed by atoms with van der Waals surface area (Å²) in [5.41, 5.74) is 0.151. The van der Waals surface area contributed by atoms with Crippen LogP contribution < -0.4 is 5.32 Å². The van der Waals surface area contributed by atoms with Crippen molar-refractivity contribution in [1.29, 1.82) is 0 Å². The third-order valence-corrected chi connectivity index (χ3v) is 5.61. The molecule has 0 unspecified atom stereocenters. The van der Waals surface area contributed by atoms with Crippen molar-refractivity contribution in [1.82, 2.24) is 5.32 Å². The molecule has 140 valence electrons. The number of unbranched alkanes of at least 4 members (excludes halogenated alkanes) is 3. The van der Waals surface area contributed by atoms with Crippen molar-refractivity contribution in [3.8, 4) is 0 Å². The van der Waals surface area contributed by atoms with Crippen molar-refractivity contribution in [2.45, 2.75) is 63.4 Å². The van der Waals surface area contributed by atoms with Crippen molar-refractivity contribution >= 4 is 12.1 Å². The van der Waals surface area contributed by atoms with Gasteiger partial charge in [-0.1, -0.05) is 32.6 Å². The Morgan fingerprint density at radius 3 is 2.84 bits per heavy atom. The molecular formula is C18H27NO6. The molecule has 0 aromatic heterocycles. The molecule has 1 amide bonds. The molecule has 7 nitrogen and oxygen atoms in total. The first kappa shape index (κ1) is 18.0. The van der Waals surface area contributed by atoms with E-state index in [1.54, 1.807) is 0 Å². The summed E-state index contributed by atoms with van der Waals surface area (Å²) >= 11 is 0. The van der Waals surface area contributed by atoms with Crippen LogP contribution >= 0.6 is 0 Å². The van der Waals surface area contributed by atoms with E-state index in [1.807, 2.05) is 0 Å². The number of hydrogen-bond acceptors (Lipinski definition) is 6. The van der Waals surface area contributed by atoms with Crippen molar-refractivity contribution in [2.75, 3.05) is 14.2 Å². The number of rotatable bonds is 7. The lowest BCUT2D eigenvalue weighted by molar-refractivity contribution is -0.151. The standard InChI is InChI=1S/C18H27NO6/c1-4-5-6-7-8-18-13(25-18)9-11-12(15(20)22-3)10-23-16(14(11)18)24-17(21)19-2/h10-11,13-14,16H,4-9H2,1-3H3,(H,19,21)/t11-,13+,14+,16+,18+/m1/s1. The van der Waals surface area contributed by atoms with E-state index < -0.39 is 18.4 Å². The summed E-state index contributed by atoms with van der Waals surface area (Å²) in [6.45, 7) is 2.18. The van der Waals surface area contributed by atoms with E-state index in [2.05, 4.69) is 12.2 Å². The Hall–Kier alpha value is -1.76. The maximum absolute atomic E-state index is 12.1. The van der Waals surface area contributed by atoms with Crippen molar-refractivity contribution in [3.05, 3.63) is 11.8 Å². The molecule has 3 rings (SSSR count). The number of alkyl carbamates (subject to hydrolysis) is 1. The highest BCUT2D eigenvalue weighted by Crippen LogP contribution is 2.63. The van der Waals surface area contributed by atoms with Crippen molar-refractivity contribution in [3.63, 3.8) is 0 Å². The van der Waals surface area contributed by atoms with Crippen LogP contribution in [0.1, 0.15) is 45.4 Å². The number of fused-ring (bicyclic) bond motifs is 3. The predicted molar refractivity (Wildman–Crippen MR) is 88.5 cm³/mol. The summed E-state index contributed by atoms with van der Waals surface area (Å²) in [4.78, 5) is 23.8. The first-order chi connectivity index (χ1) is 12.1. The van der Waals surface area contributed by atoms with Crippen LogP contribution in [0.25, 0.3) is 0 Å². The molecule has 25 heavy (non-hydrogen) atoms. The Labute approximate surface area is 148 Å². The number of ether oxygens (including phenoxy) is 4. The third-order valence-electron chi connectivity index (χ3n) is 5.61. The number of esters is 1. The lowest BCUT2D eigenvalue weighted by Gasteiger charge is -2.36. The van der Waals surface area contributed by atoms with Crippen LogP contribution in [0.5, 0.6) is 0 Å². The van der Waals surface area contributed by atoms with Gasteiger partial charge in [-0.2, -0.15) is 0 Å². The van der Waals surface area contributed by atoms with Gasteiger partial charge >= 0.3 is 12.1 Å². The van der Waals surface area contributed by atoms with Crippen LogP contribution in [0.3, 0.4) is 0 Å². The Bertz CT molecular complexity index is 562. The molecule has 7 heteroatoms. The Balaban J connectivity index is 1.78. The fraction of sp³-hybridized carbons (Fsp3) is 0.778. The highest BCUT2D eigenvalue weighted by Gasteiger charge is 2.72. The molecule has 1 aliphatic carbocycles. The van der Waals surface area contributed by atoms with Crippen molar-refractivity contribution < 1.29 is 28.5 Å². The van der Waals surface area contributed by atoms with E-state index in [9.17, 15) is 9.59 Å². The maximum Gasteiger partial charge on any atom is 0.409 e. The Morgan fingerprint density at radius 2 is 2.16 bits per heavy atom. The number of hydrogen-bond donors (Lipinski definition) is 1. The summed E-state index contributed by atoms with van der Waals surface area (Å²) < 4.78 is 21.9. The number of amides is 1. The van der Waals surface area contributed by atoms with E-state index in [4.69, 9.17) is 18.9 Å². The van der Waals surface area contributed by atoms with E-state index in [1.165, 1.54) is 33.3 Å². The second-order valence-corrected chi connectivity index (χ2v) is 6.96. The lowest BCUT2D eigenvalue weighted by atomic mass is 9.79. The summed E-state index contributed by atoms with van der Waals surface area (Å²) in [6, 6.07) is 0. The van der Waals surface area contributed by atoms with Gasteiger partial charge in [0, 0.05) is 13.0 Å². The molecule has 5 atom stereocenters. The lowest BCUT2D eigenvalue weighted by Crippen LogP contribution is -2.45. The minimum absolute atomic E-state index is 0.0687. The number of carbonyl (C=O) groups excluding carboxylic acids is 2. The van der Waals surface area contributed by atoms with Gasteiger partial charge in [0.2, 0.25) is 0 Å². The molecule has 2 fully saturated rings. The van der Waals surface area contributed by atoms with Crippen LogP contribution in [0.15, 0.2) is 11.8 Å². The normalized spacial score (nSPS) is 34.9. The molecule has 3 aliphatic rings. The van der Waals surface area contributed by atoms with Gasteiger partial charge in [-0.25, -0.2) is 9.59 Å².